The van der Waals surface area contributed by atoms with Crippen molar-refractivity contribution in [3.05, 3.63) is 101 Å². The van der Waals surface area contributed by atoms with Crippen LogP contribution in [0.4, 0.5) is 0 Å². The van der Waals surface area contributed by atoms with Crippen LogP contribution < -0.4 is 24.4 Å². The topological polar surface area (TPSA) is 83.0 Å². The summed E-state index contributed by atoms with van der Waals surface area (Å²) in [5.41, 5.74) is -0.547. The van der Waals surface area contributed by atoms with Gasteiger partial charge < -0.3 is 13.9 Å². The van der Waals surface area contributed by atoms with Gasteiger partial charge in [0, 0.05) is 11.6 Å². The van der Waals surface area contributed by atoms with Crippen molar-refractivity contribution in [1.82, 2.24) is 4.57 Å². The summed E-state index contributed by atoms with van der Waals surface area (Å²) < 4.78 is 19.9. The fourth-order valence-corrected chi connectivity index (χ4v) is 6.41. The first-order valence-corrected chi connectivity index (χ1v) is 13.1. The quantitative estimate of drug-likeness (QED) is 0.355. The van der Waals surface area contributed by atoms with Gasteiger partial charge in [0.1, 0.15) is 46.4 Å². The average molecular weight is 555 g/mol. The summed E-state index contributed by atoms with van der Waals surface area (Å²) in [5, 5.41) is 0.732. The van der Waals surface area contributed by atoms with Crippen LogP contribution >= 0.6 is 34.5 Å². The number of carbonyl (C=O) groups is 1. The number of para-hydroxylation sites is 1. The smallest absolute Gasteiger partial charge is 0.271 e. The number of nitrogens with zero attached hydrogens (tertiary/aromatic N) is 2. The second-order valence-corrected chi connectivity index (χ2v) is 10.8. The van der Waals surface area contributed by atoms with Gasteiger partial charge >= 0.3 is 0 Å². The van der Waals surface area contributed by atoms with E-state index in [2.05, 4.69) is 0 Å². The molecule has 2 aromatic heterocycles. The molecule has 0 unspecified atom stereocenters. The number of carbonyl (C=O) groups excluding carboxylic acids is 1. The molecule has 188 valence electrons. The van der Waals surface area contributed by atoms with E-state index in [0.717, 1.165) is 5.56 Å². The monoisotopic (exact) mass is 554 g/mol. The number of hydrogen-bond acceptors (Lipinski definition) is 7. The number of rotatable bonds is 5. The van der Waals surface area contributed by atoms with Gasteiger partial charge in [0.2, 0.25) is 5.72 Å². The molecule has 10 heteroatoms. The van der Waals surface area contributed by atoms with Crippen molar-refractivity contribution in [3.8, 4) is 11.5 Å². The van der Waals surface area contributed by atoms with Crippen LogP contribution in [0.3, 0.4) is 0 Å². The number of thiazole rings is 1. The fourth-order valence-electron chi connectivity index (χ4n) is 4.98. The van der Waals surface area contributed by atoms with Crippen LogP contribution in [0.15, 0.2) is 68.8 Å². The van der Waals surface area contributed by atoms with Crippen LogP contribution in [0, 0.1) is 5.92 Å². The minimum atomic E-state index is -1.10. The Balaban J connectivity index is 1.37. The fraction of sp³-hybridized carbons (Fsp3) is 0.222. The molecule has 0 N–H and O–H groups in total. The van der Waals surface area contributed by atoms with Crippen molar-refractivity contribution in [2.75, 3.05) is 0 Å². The first kappa shape index (κ1) is 24.0. The Bertz CT molecular complexity index is 1740. The molecular formula is C27H20Cl2N2O5S. The standard InChI is InChI=1S/C27H20Cl2N2O5S/c1-14(32)22-24-17-6-3-4-8-19(17)36-27(22,2)30-26-31(24)25(33)21(37-26)12-15-10-11-16(35-15)13-34-20-9-5-7-18(28)23(20)29/h3-12,22,24H,13H2,1-2H3/b21-12+/t22-,24+,27-/m0/s1. The molecule has 2 aliphatic heterocycles. The summed E-state index contributed by atoms with van der Waals surface area (Å²) in [5.74, 6) is 1.40. The van der Waals surface area contributed by atoms with Crippen molar-refractivity contribution >= 4 is 46.4 Å². The van der Waals surface area contributed by atoms with Crippen molar-refractivity contribution in [3.63, 3.8) is 0 Å². The van der Waals surface area contributed by atoms with Crippen molar-refractivity contribution in [2.45, 2.75) is 32.2 Å². The molecule has 37 heavy (non-hydrogen) atoms. The van der Waals surface area contributed by atoms with Crippen LogP contribution in [-0.4, -0.2) is 16.1 Å². The third-order valence-corrected chi connectivity index (χ3v) is 8.34. The summed E-state index contributed by atoms with van der Waals surface area (Å²) in [4.78, 5) is 31.6. The zero-order chi connectivity index (χ0) is 25.9. The lowest BCUT2D eigenvalue weighted by Gasteiger charge is -2.45. The zero-order valence-electron chi connectivity index (χ0n) is 19.7. The lowest BCUT2D eigenvalue weighted by Crippen LogP contribution is -2.58. The molecular weight excluding hydrogens is 535 g/mol. The Morgan fingerprint density at radius 3 is 2.81 bits per heavy atom. The van der Waals surface area contributed by atoms with Crippen LogP contribution in [0.25, 0.3) is 6.08 Å². The lowest BCUT2D eigenvalue weighted by atomic mass is 9.79. The number of furan rings is 1. The maximum absolute atomic E-state index is 13.6. The molecule has 2 aromatic carbocycles. The van der Waals surface area contributed by atoms with Crippen LogP contribution in [0.5, 0.6) is 11.5 Å². The number of ketones is 1. The van der Waals surface area contributed by atoms with Gasteiger partial charge in [-0.25, -0.2) is 4.99 Å². The summed E-state index contributed by atoms with van der Waals surface area (Å²) in [6.07, 6.45) is 1.67. The maximum Gasteiger partial charge on any atom is 0.271 e. The summed E-state index contributed by atoms with van der Waals surface area (Å²) in [7, 11) is 0. The minimum absolute atomic E-state index is 0.0875. The van der Waals surface area contributed by atoms with Crippen LogP contribution in [0.2, 0.25) is 10.0 Å². The molecule has 0 fully saturated rings. The summed E-state index contributed by atoms with van der Waals surface area (Å²) >= 11 is 13.5. The van der Waals surface area contributed by atoms with E-state index in [0.29, 0.717) is 42.4 Å². The molecule has 2 aliphatic rings. The molecule has 7 nitrogen and oxygen atoms in total. The molecule has 0 amide bonds. The highest BCUT2D eigenvalue weighted by Crippen LogP contribution is 2.47. The normalized spacial score (nSPS) is 22.0. The third kappa shape index (κ3) is 4.00. The first-order valence-electron chi connectivity index (χ1n) is 11.5. The van der Waals surface area contributed by atoms with E-state index >= 15 is 0 Å². The Morgan fingerprint density at radius 1 is 1.19 bits per heavy atom. The number of benzene rings is 2. The second-order valence-electron chi connectivity index (χ2n) is 9.05. The second kappa shape index (κ2) is 8.90. The summed E-state index contributed by atoms with van der Waals surface area (Å²) in [6, 6.07) is 15.6. The van der Waals surface area contributed by atoms with E-state index in [-0.39, 0.29) is 17.9 Å². The number of aromatic nitrogens is 1. The average Bonchev–Trinajstić information content (AvgIpc) is 3.42. The number of ether oxygens (including phenoxy) is 2. The predicted octanol–water partition coefficient (Wildman–Crippen LogP) is 4.75. The summed E-state index contributed by atoms with van der Waals surface area (Å²) in [6.45, 7) is 3.45. The highest BCUT2D eigenvalue weighted by Gasteiger charge is 2.53. The third-order valence-electron chi connectivity index (χ3n) is 6.56. The van der Waals surface area contributed by atoms with Crippen molar-refractivity contribution < 1.29 is 18.7 Å². The molecule has 0 spiro atoms. The Morgan fingerprint density at radius 2 is 2.00 bits per heavy atom. The molecule has 4 aromatic rings. The molecule has 0 saturated heterocycles. The van der Waals surface area contributed by atoms with Crippen molar-refractivity contribution in [2.24, 2.45) is 10.9 Å². The van der Waals surface area contributed by atoms with Gasteiger partial charge in [0.25, 0.3) is 5.56 Å². The Hall–Kier alpha value is -3.33. The number of fused-ring (bicyclic) bond motifs is 6. The number of halogens is 2. The predicted molar refractivity (Wildman–Crippen MR) is 140 cm³/mol. The number of hydrogen-bond donors (Lipinski definition) is 0. The van der Waals surface area contributed by atoms with Gasteiger partial charge in [-0.2, -0.15) is 0 Å². The van der Waals surface area contributed by atoms with Gasteiger partial charge in [-0.05, 0) is 44.2 Å². The van der Waals surface area contributed by atoms with E-state index in [1.165, 1.54) is 18.3 Å². The van der Waals surface area contributed by atoms with E-state index in [1.54, 1.807) is 47.9 Å². The van der Waals surface area contributed by atoms with E-state index < -0.39 is 17.7 Å². The largest absolute Gasteiger partial charge is 0.484 e. The van der Waals surface area contributed by atoms with Gasteiger partial charge in [-0.1, -0.05) is 58.8 Å². The van der Waals surface area contributed by atoms with Gasteiger partial charge in [-0.3, -0.25) is 14.2 Å². The van der Waals surface area contributed by atoms with E-state index in [4.69, 9.17) is 42.1 Å². The Labute approximate surface area is 225 Å². The lowest BCUT2D eigenvalue weighted by molar-refractivity contribution is -0.132. The minimum Gasteiger partial charge on any atom is -0.484 e. The number of Topliss-reactive ketones (excluding diaryl/α,β-unsaturated/α-hetero) is 1. The first-order chi connectivity index (χ1) is 17.7. The van der Waals surface area contributed by atoms with Crippen LogP contribution in [-0.2, 0) is 11.4 Å². The molecule has 0 saturated carbocycles. The molecule has 4 heterocycles. The highest BCUT2D eigenvalue weighted by molar-refractivity contribution is 7.07. The highest BCUT2D eigenvalue weighted by atomic mass is 35.5. The zero-order valence-corrected chi connectivity index (χ0v) is 22.1. The van der Waals surface area contributed by atoms with Crippen molar-refractivity contribution in [1.29, 1.82) is 0 Å². The van der Waals surface area contributed by atoms with E-state index in [1.807, 2.05) is 24.3 Å². The maximum atomic E-state index is 13.6. The van der Waals surface area contributed by atoms with Crippen LogP contribution in [0.1, 0.15) is 37.0 Å². The van der Waals surface area contributed by atoms with E-state index in [9.17, 15) is 9.59 Å². The molecule has 2 bridgehead atoms. The molecule has 0 aliphatic carbocycles. The van der Waals surface area contributed by atoms with Gasteiger partial charge in [-0.15, -0.1) is 0 Å². The SMILES string of the molecule is CC(=O)[C@H]1[C@H]2c3ccccc3O[C@]1(C)N=c1s/c(=C/c3ccc(COc4cccc(Cl)c4Cl)o3)c(=O)n12. The van der Waals surface area contributed by atoms with Gasteiger partial charge in [0.15, 0.2) is 4.80 Å². The molecule has 3 atom stereocenters. The Kier molecular flexibility index (Phi) is 5.78. The van der Waals surface area contributed by atoms with Gasteiger partial charge in [0.05, 0.1) is 15.6 Å². The molecule has 0 radical (unpaired) electrons. The molecule has 6 rings (SSSR count).